The SMILES string of the molecule is CC(C)NC(=O)CN1CCN(Cc2ccc(-c3cccc(Oc4ncc(F)cc4C(=O)NC4CCC(NC(=O)O)CC4)c3)c(CN3CCOCC3)c2)CC1. The molecular formula is C40H52FN7O6. The summed E-state index contributed by atoms with van der Waals surface area (Å²) in [4.78, 5) is 47.9. The van der Waals surface area contributed by atoms with Crippen molar-refractivity contribution in [3.05, 3.63) is 77.2 Å². The summed E-state index contributed by atoms with van der Waals surface area (Å²) in [5.41, 5.74) is 4.40. The Morgan fingerprint density at radius 3 is 2.28 bits per heavy atom. The Balaban J connectivity index is 1.15. The molecule has 1 aromatic heterocycles. The van der Waals surface area contributed by atoms with Crippen LogP contribution in [-0.4, -0.2) is 120 Å². The predicted molar refractivity (Wildman–Crippen MR) is 202 cm³/mol. The second kappa shape index (κ2) is 18.6. The van der Waals surface area contributed by atoms with Gasteiger partial charge in [-0.1, -0.05) is 30.3 Å². The van der Waals surface area contributed by atoms with E-state index in [4.69, 9.17) is 14.6 Å². The number of hydrogen-bond donors (Lipinski definition) is 4. The van der Waals surface area contributed by atoms with E-state index in [2.05, 4.69) is 53.8 Å². The topological polar surface area (TPSA) is 149 Å². The van der Waals surface area contributed by atoms with Gasteiger partial charge in [0.15, 0.2) is 0 Å². The third-order valence-electron chi connectivity index (χ3n) is 10.2. The summed E-state index contributed by atoms with van der Waals surface area (Å²) in [7, 11) is 0. The Hall–Kier alpha value is -4.63. The Bertz CT molecular complexity index is 1750. The number of pyridine rings is 1. The molecule has 290 valence electrons. The third-order valence-corrected chi connectivity index (χ3v) is 10.2. The maximum Gasteiger partial charge on any atom is 0.404 e. The molecule has 3 aliphatic rings. The van der Waals surface area contributed by atoms with Crippen LogP contribution in [-0.2, 0) is 22.6 Å². The molecule has 1 saturated carbocycles. The number of nitrogens with one attached hydrogen (secondary N) is 3. The second-order valence-electron chi connectivity index (χ2n) is 14.8. The number of benzene rings is 2. The number of piperazine rings is 1. The number of carbonyl (C=O) groups excluding carboxylic acids is 2. The molecule has 3 aromatic rings. The van der Waals surface area contributed by atoms with E-state index in [1.54, 1.807) is 6.07 Å². The molecule has 0 spiro atoms. The highest BCUT2D eigenvalue weighted by molar-refractivity contribution is 5.96. The van der Waals surface area contributed by atoms with Crippen molar-refractivity contribution in [3.8, 4) is 22.8 Å². The molecule has 13 nitrogen and oxygen atoms in total. The number of ether oxygens (including phenoxy) is 2. The van der Waals surface area contributed by atoms with Crippen LogP contribution >= 0.6 is 0 Å². The normalized spacial score (nSPS) is 20.0. The minimum Gasteiger partial charge on any atom is -0.465 e. The van der Waals surface area contributed by atoms with Crippen molar-refractivity contribution in [2.24, 2.45) is 0 Å². The molecular weight excluding hydrogens is 693 g/mol. The lowest BCUT2D eigenvalue weighted by molar-refractivity contribution is -0.123. The number of rotatable bonds is 13. The number of hydrogen-bond acceptors (Lipinski definition) is 9. The van der Waals surface area contributed by atoms with Crippen LogP contribution in [0.5, 0.6) is 11.6 Å². The van der Waals surface area contributed by atoms with Crippen molar-refractivity contribution in [3.63, 3.8) is 0 Å². The first kappa shape index (κ1) is 39.1. The van der Waals surface area contributed by atoms with Crippen LogP contribution in [0.3, 0.4) is 0 Å². The minimum absolute atomic E-state index is 0.00295. The molecule has 0 radical (unpaired) electrons. The summed E-state index contributed by atoms with van der Waals surface area (Å²) in [5.74, 6) is -0.623. The first-order chi connectivity index (χ1) is 26.1. The van der Waals surface area contributed by atoms with Crippen LogP contribution in [0.1, 0.15) is 61.0 Å². The molecule has 14 heteroatoms. The van der Waals surface area contributed by atoms with E-state index in [1.165, 1.54) is 11.1 Å². The van der Waals surface area contributed by atoms with Gasteiger partial charge < -0.3 is 30.5 Å². The van der Waals surface area contributed by atoms with E-state index >= 15 is 0 Å². The van der Waals surface area contributed by atoms with Gasteiger partial charge in [-0.2, -0.15) is 0 Å². The maximum atomic E-state index is 14.4. The number of morpholine rings is 1. The Morgan fingerprint density at radius 2 is 1.57 bits per heavy atom. The zero-order valence-electron chi connectivity index (χ0n) is 31.2. The van der Waals surface area contributed by atoms with E-state index < -0.39 is 17.8 Å². The zero-order chi connectivity index (χ0) is 38.0. The highest BCUT2D eigenvalue weighted by Gasteiger charge is 2.26. The summed E-state index contributed by atoms with van der Waals surface area (Å²) in [5, 5.41) is 17.5. The van der Waals surface area contributed by atoms with E-state index in [-0.39, 0.29) is 35.5 Å². The van der Waals surface area contributed by atoms with Gasteiger partial charge in [-0.05, 0) is 80.0 Å². The molecule has 4 N–H and O–H groups in total. The molecule has 2 aromatic carbocycles. The van der Waals surface area contributed by atoms with Crippen molar-refractivity contribution in [2.75, 3.05) is 59.0 Å². The summed E-state index contributed by atoms with van der Waals surface area (Å²) >= 11 is 0. The summed E-state index contributed by atoms with van der Waals surface area (Å²) < 4.78 is 26.2. The van der Waals surface area contributed by atoms with Gasteiger partial charge in [0, 0.05) is 70.5 Å². The first-order valence-electron chi connectivity index (χ1n) is 19.0. The molecule has 2 aliphatic heterocycles. The lowest BCUT2D eigenvalue weighted by atomic mass is 9.91. The first-order valence-corrected chi connectivity index (χ1v) is 19.0. The fraction of sp³-hybridized carbons (Fsp3) is 0.500. The lowest BCUT2D eigenvalue weighted by Crippen LogP contribution is -2.49. The third kappa shape index (κ3) is 11.2. The van der Waals surface area contributed by atoms with Crippen molar-refractivity contribution < 1.29 is 33.4 Å². The van der Waals surface area contributed by atoms with E-state index in [0.29, 0.717) is 51.2 Å². The molecule has 1 aliphatic carbocycles. The van der Waals surface area contributed by atoms with E-state index in [9.17, 15) is 18.8 Å². The number of carboxylic acid groups (broad SMARTS) is 1. The minimum atomic E-state index is -1.06. The predicted octanol–water partition coefficient (Wildman–Crippen LogP) is 4.46. The number of nitrogens with zero attached hydrogens (tertiary/aromatic N) is 4. The fourth-order valence-corrected chi connectivity index (χ4v) is 7.42. The van der Waals surface area contributed by atoms with Crippen molar-refractivity contribution in [1.29, 1.82) is 0 Å². The highest BCUT2D eigenvalue weighted by Crippen LogP contribution is 2.32. The Morgan fingerprint density at radius 1 is 0.889 bits per heavy atom. The average Bonchev–Trinajstić information content (AvgIpc) is 3.14. The molecule has 3 fully saturated rings. The van der Waals surface area contributed by atoms with Crippen LogP contribution in [0.2, 0.25) is 0 Å². The largest absolute Gasteiger partial charge is 0.465 e. The molecule has 0 unspecified atom stereocenters. The van der Waals surface area contributed by atoms with Crippen molar-refractivity contribution in [1.82, 2.24) is 35.6 Å². The number of halogens is 1. The zero-order valence-corrected chi connectivity index (χ0v) is 31.2. The molecule has 3 amide bonds. The van der Waals surface area contributed by atoms with Gasteiger partial charge in [-0.15, -0.1) is 0 Å². The number of aromatic nitrogens is 1. The maximum absolute atomic E-state index is 14.4. The molecule has 54 heavy (non-hydrogen) atoms. The highest BCUT2D eigenvalue weighted by atomic mass is 19.1. The summed E-state index contributed by atoms with van der Waals surface area (Å²) in [6.45, 7) is 12.5. The fourth-order valence-electron chi connectivity index (χ4n) is 7.42. The van der Waals surface area contributed by atoms with Gasteiger partial charge in [-0.25, -0.2) is 14.2 Å². The van der Waals surface area contributed by atoms with Gasteiger partial charge in [0.25, 0.3) is 5.91 Å². The Labute approximate surface area is 316 Å². The molecule has 2 saturated heterocycles. The molecule has 6 rings (SSSR count). The average molecular weight is 746 g/mol. The summed E-state index contributed by atoms with van der Waals surface area (Å²) in [6.07, 6.45) is 2.36. The smallest absolute Gasteiger partial charge is 0.404 e. The summed E-state index contributed by atoms with van der Waals surface area (Å²) in [6, 6.07) is 15.2. The molecule has 0 bridgehead atoms. The Kier molecular flexibility index (Phi) is 13.5. The van der Waals surface area contributed by atoms with Gasteiger partial charge >= 0.3 is 6.09 Å². The number of carbonyl (C=O) groups is 3. The molecule has 3 heterocycles. The van der Waals surface area contributed by atoms with Crippen LogP contribution in [0, 0.1) is 5.82 Å². The van der Waals surface area contributed by atoms with E-state index in [0.717, 1.165) is 75.7 Å². The van der Waals surface area contributed by atoms with Crippen LogP contribution in [0.25, 0.3) is 11.1 Å². The van der Waals surface area contributed by atoms with Crippen LogP contribution in [0.15, 0.2) is 54.7 Å². The van der Waals surface area contributed by atoms with E-state index in [1.807, 2.05) is 32.0 Å². The molecule has 0 atom stereocenters. The van der Waals surface area contributed by atoms with Crippen LogP contribution in [0.4, 0.5) is 9.18 Å². The van der Waals surface area contributed by atoms with Crippen molar-refractivity contribution in [2.45, 2.75) is 70.7 Å². The lowest BCUT2D eigenvalue weighted by Gasteiger charge is -2.34. The van der Waals surface area contributed by atoms with Gasteiger partial charge in [0.2, 0.25) is 11.8 Å². The van der Waals surface area contributed by atoms with Crippen molar-refractivity contribution >= 4 is 17.9 Å². The standard InChI is InChI=1S/C40H52FN7O6/c1-27(2)43-37(49)26-47-14-12-46(13-15-47)24-28-6-11-35(30(20-28)25-48-16-18-53-19-17-48)29-4-3-5-34(21-29)54-39-36(22-31(41)23-42-39)38(50)44-32-7-9-33(10-8-32)45-40(51)52/h3-6,11,20-23,27,32-33,45H,7-10,12-19,24-26H2,1-2H3,(H,43,49)(H,44,50)(H,51,52). The van der Waals surface area contributed by atoms with Gasteiger partial charge in [0.05, 0.1) is 26.0 Å². The van der Waals surface area contributed by atoms with Gasteiger partial charge in [0.1, 0.15) is 17.1 Å². The number of amides is 3. The monoisotopic (exact) mass is 745 g/mol. The van der Waals surface area contributed by atoms with Gasteiger partial charge in [-0.3, -0.25) is 24.3 Å². The van der Waals surface area contributed by atoms with Crippen LogP contribution < -0.4 is 20.7 Å². The second-order valence-corrected chi connectivity index (χ2v) is 14.8. The quantitative estimate of drug-likeness (QED) is 0.198.